The van der Waals surface area contributed by atoms with Crippen LogP contribution in [-0.4, -0.2) is 12.3 Å². The fourth-order valence-corrected chi connectivity index (χ4v) is 15.7. The van der Waals surface area contributed by atoms with Crippen molar-refractivity contribution in [2.75, 3.05) is 19.6 Å². The minimum absolute atomic E-state index is 0.00212. The molecule has 13 rings (SSSR count). The van der Waals surface area contributed by atoms with Crippen molar-refractivity contribution in [2.45, 2.75) is 208 Å². The molecule has 4 nitrogen and oxygen atoms in total. The molecule has 0 spiro atoms. The zero-order valence-electron chi connectivity index (χ0n) is 58.6. The molecule has 0 amide bonds. The van der Waals surface area contributed by atoms with Crippen LogP contribution in [0.1, 0.15) is 203 Å². The molecule has 0 N–H and O–H groups in total. The normalized spacial score (nSPS) is 18.0. The van der Waals surface area contributed by atoms with Crippen LogP contribution in [0.3, 0.4) is 0 Å². The van der Waals surface area contributed by atoms with E-state index < -0.39 is 0 Å². The lowest BCUT2D eigenvalue weighted by molar-refractivity contribution is 0.195. The molecule has 1 aliphatic carbocycles. The van der Waals surface area contributed by atoms with E-state index in [2.05, 4.69) is 346 Å². The number of anilines is 11. The first-order valence-electron chi connectivity index (χ1n) is 34.0. The molecule has 2 unspecified atom stereocenters. The molecule has 9 aromatic carbocycles. The van der Waals surface area contributed by atoms with Crippen molar-refractivity contribution in [2.24, 2.45) is 0 Å². The molecule has 466 valence electrons. The average molecular weight is 1200 g/mol. The first-order valence-corrected chi connectivity index (χ1v) is 34.0. The van der Waals surface area contributed by atoms with Gasteiger partial charge in [0.25, 0.3) is 6.71 Å². The molecule has 2 atom stereocenters. The van der Waals surface area contributed by atoms with Gasteiger partial charge in [-0.2, -0.15) is 0 Å². The summed E-state index contributed by atoms with van der Waals surface area (Å²) in [5.74, 6) is 0. The lowest BCUT2D eigenvalue weighted by Gasteiger charge is -2.53. The summed E-state index contributed by atoms with van der Waals surface area (Å²) in [7, 11) is 0. The summed E-state index contributed by atoms with van der Waals surface area (Å²) in [6, 6.07) is 74.3. The summed E-state index contributed by atoms with van der Waals surface area (Å²) < 4.78 is 0. The fourth-order valence-electron chi connectivity index (χ4n) is 15.7. The first-order chi connectivity index (χ1) is 42.6. The van der Waals surface area contributed by atoms with Crippen LogP contribution in [0.4, 0.5) is 62.6 Å². The van der Waals surface area contributed by atoms with E-state index in [0.717, 1.165) is 52.7 Å². The van der Waals surface area contributed by atoms with Crippen molar-refractivity contribution in [1.29, 1.82) is 0 Å². The minimum atomic E-state index is -0.201. The third-order valence-electron chi connectivity index (χ3n) is 21.5. The van der Waals surface area contributed by atoms with Gasteiger partial charge in [0.1, 0.15) is 0 Å². The Morgan fingerprint density at radius 3 is 1.24 bits per heavy atom. The zero-order chi connectivity index (χ0) is 64.9. The Bertz CT molecular complexity index is 4130. The van der Waals surface area contributed by atoms with Crippen LogP contribution < -0.4 is 36.0 Å². The van der Waals surface area contributed by atoms with Gasteiger partial charge in [-0.15, -0.1) is 0 Å². The van der Waals surface area contributed by atoms with Crippen molar-refractivity contribution >= 4 is 85.7 Å². The smallest absolute Gasteiger partial charge is 0.252 e. The maximum Gasteiger partial charge on any atom is 0.252 e. The fraction of sp³-hybridized carbons (Fsp3) is 0.372. The third kappa shape index (κ3) is 10.5. The number of hydrogen-bond acceptors (Lipinski definition) is 4. The third-order valence-corrected chi connectivity index (χ3v) is 21.5. The molecular weight excluding hydrogens is 1100 g/mol. The minimum Gasteiger partial charge on any atom is -0.335 e. The second-order valence-electron chi connectivity index (χ2n) is 34.0. The molecule has 3 heterocycles. The Morgan fingerprint density at radius 1 is 0.352 bits per heavy atom. The summed E-state index contributed by atoms with van der Waals surface area (Å²) in [6.45, 7) is 47.3. The van der Waals surface area contributed by atoms with Crippen molar-refractivity contribution < 1.29 is 0 Å². The molecule has 0 saturated heterocycles. The first kappa shape index (κ1) is 62.1. The Balaban J connectivity index is 1.18. The van der Waals surface area contributed by atoms with E-state index in [1.54, 1.807) is 0 Å². The van der Waals surface area contributed by atoms with Gasteiger partial charge in [0.05, 0.1) is 16.9 Å². The molecule has 4 aliphatic rings. The average Bonchev–Trinajstić information content (AvgIpc) is 1.41. The van der Waals surface area contributed by atoms with E-state index in [1.807, 2.05) is 0 Å². The number of fused-ring (bicyclic) bond motifs is 7. The van der Waals surface area contributed by atoms with E-state index in [-0.39, 0.29) is 50.2 Å². The largest absolute Gasteiger partial charge is 0.335 e. The molecule has 5 heteroatoms. The van der Waals surface area contributed by atoms with Crippen molar-refractivity contribution in [3.63, 3.8) is 0 Å². The monoisotopic (exact) mass is 1200 g/mol. The number of nitrogens with zero attached hydrogens (tertiary/aromatic N) is 4. The predicted octanol–water partition coefficient (Wildman–Crippen LogP) is 22.4. The molecule has 91 heavy (non-hydrogen) atoms. The van der Waals surface area contributed by atoms with Gasteiger partial charge in [0, 0.05) is 62.2 Å². The second-order valence-corrected chi connectivity index (χ2v) is 34.0. The van der Waals surface area contributed by atoms with Crippen LogP contribution in [0.5, 0.6) is 0 Å². The van der Waals surface area contributed by atoms with E-state index in [0.29, 0.717) is 0 Å². The van der Waals surface area contributed by atoms with Gasteiger partial charge in [-0.1, -0.05) is 248 Å². The highest BCUT2D eigenvalue weighted by Crippen LogP contribution is 2.63. The standard InChI is InChI=1S/C86H99BN4/c1-79(2,3)57-28-37-63(38-29-57)88(64-39-30-58(31-40-64)80(4,5)6)67-45-46-71-74(53-67)90(73-47-36-61(83(13,14)15)50-69(73)56-26-22-21-23-27-56)75-54-68(89(65-41-32-59(33-42-65)81(7,8)9)66-43-34-60(35-44-66)82(10,11)12)55-76-77(75)87(71)72-52-62(84(16,17)18)51-70-78(72)91(76)86(20)49-25-24-48-85(70,86)19/h21-23,26-47,50-55H,24-25,48-49H2,1-20H3. The lowest BCUT2D eigenvalue weighted by Crippen LogP contribution is -2.64. The highest BCUT2D eigenvalue weighted by Gasteiger charge is 2.62. The molecule has 9 aromatic rings. The van der Waals surface area contributed by atoms with Gasteiger partial charge in [-0.3, -0.25) is 0 Å². The van der Waals surface area contributed by atoms with Crippen molar-refractivity contribution in [1.82, 2.24) is 0 Å². The molecule has 0 radical (unpaired) electrons. The molecule has 0 aromatic heterocycles. The summed E-state index contributed by atoms with van der Waals surface area (Å²) in [6.07, 6.45) is 4.68. The Hall–Kier alpha value is -7.76. The van der Waals surface area contributed by atoms with E-state index in [4.69, 9.17) is 0 Å². The van der Waals surface area contributed by atoms with E-state index >= 15 is 0 Å². The van der Waals surface area contributed by atoms with Crippen molar-refractivity contribution in [3.05, 3.63) is 227 Å². The van der Waals surface area contributed by atoms with Crippen LogP contribution in [0.15, 0.2) is 188 Å². The predicted molar refractivity (Wildman–Crippen MR) is 396 cm³/mol. The molecule has 0 bridgehead atoms. The number of benzene rings is 9. The highest BCUT2D eigenvalue weighted by atomic mass is 15.3. The Morgan fingerprint density at radius 2 is 0.769 bits per heavy atom. The summed E-state index contributed by atoms with van der Waals surface area (Å²) in [5.41, 5.74) is 28.6. The van der Waals surface area contributed by atoms with Crippen LogP contribution in [-0.2, 0) is 37.9 Å². The van der Waals surface area contributed by atoms with E-state index in [1.165, 1.54) is 102 Å². The maximum atomic E-state index is 2.92. The van der Waals surface area contributed by atoms with Crippen LogP contribution >= 0.6 is 0 Å². The lowest BCUT2D eigenvalue weighted by atomic mass is 9.33. The molecule has 3 aliphatic heterocycles. The molecule has 1 fully saturated rings. The quantitative estimate of drug-likeness (QED) is 0.141. The topological polar surface area (TPSA) is 13.0 Å². The Labute approximate surface area is 547 Å². The van der Waals surface area contributed by atoms with Gasteiger partial charge in [0.15, 0.2) is 0 Å². The molecular formula is C86H99BN4. The highest BCUT2D eigenvalue weighted by molar-refractivity contribution is 7.00. The van der Waals surface area contributed by atoms with Crippen LogP contribution in [0.25, 0.3) is 11.1 Å². The SMILES string of the molecule is CC(C)(C)c1ccc(N(c2ccc(C(C)(C)C)cc2)c2ccc3c(c2)N(c2ccc(C(C)(C)C)cc2-c2ccccc2)c2cc(N(c4ccc(C(C)(C)C)cc4)c4ccc(C(C)(C)C)cc4)cc4c2B3c2cc(C(C)(C)C)cc3c2N4C2(C)CCCCC32C)cc1. The Kier molecular flexibility index (Phi) is 14.6. The maximum absolute atomic E-state index is 2.92. The zero-order valence-corrected chi connectivity index (χ0v) is 58.6. The van der Waals surface area contributed by atoms with Gasteiger partial charge in [0.2, 0.25) is 0 Å². The number of hydrogen-bond donors (Lipinski definition) is 0. The summed E-state index contributed by atoms with van der Waals surface area (Å²) in [5, 5.41) is 0. The second kappa shape index (κ2) is 21.4. The summed E-state index contributed by atoms with van der Waals surface area (Å²) >= 11 is 0. The van der Waals surface area contributed by atoms with Crippen molar-refractivity contribution in [3.8, 4) is 11.1 Å². The van der Waals surface area contributed by atoms with E-state index in [9.17, 15) is 0 Å². The van der Waals surface area contributed by atoms with Gasteiger partial charge in [-0.05, 0) is 198 Å². The molecule has 1 saturated carbocycles. The van der Waals surface area contributed by atoms with Gasteiger partial charge in [-0.25, -0.2) is 0 Å². The number of rotatable bonds is 8. The van der Waals surface area contributed by atoms with Crippen LogP contribution in [0.2, 0.25) is 0 Å². The van der Waals surface area contributed by atoms with Gasteiger partial charge >= 0.3 is 0 Å². The summed E-state index contributed by atoms with van der Waals surface area (Å²) in [4.78, 5) is 10.7. The van der Waals surface area contributed by atoms with Crippen LogP contribution in [0, 0.1) is 0 Å². The van der Waals surface area contributed by atoms with Gasteiger partial charge < -0.3 is 19.6 Å².